The van der Waals surface area contributed by atoms with Crippen LogP contribution in [-0.4, -0.2) is 0 Å². The van der Waals surface area contributed by atoms with Crippen LogP contribution in [0.3, 0.4) is 0 Å². The Balaban J connectivity index is 0.000000163. The molecule has 170 valence electrons. The van der Waals surface area contributed by atoms with Gasteiger partial charge in [-0.3, -0.25) is 0 Å². The summed E-state index contributed by atoms with van der Waals surface area (Å²) in [5, 5.41) is 6.89. The molecule has 0 aliphatic heterocycles. The summed E-state index contributed by atoms with van der Waals surface area (Å²) in [4.78, 5) is 0. The van der Waals surface area contributed by atoms with Gasteiger partial charge in [-0.1, -0.05) is 102 Å². The fourth-order valence-corrected chi connectivity index (χ4v) is 7.23. The first-order valence-corrected chi connectivity index (χ1v) is 13.3. The predicted octanol–water partition coefficient (Wildman–Crippen LogP) is 7.37. The molecular formula is C34H25PTi. The molecule has 1 aliphatic carbocycles. The number of fused-ring (bicyclic) bond motifs is 4. The Morgan fingerprint density at radius 3 is 1.94 bits per heavy atom. The fraction of sp³-hybridized carbons (Fsp3) is 0.0294. The van der Waals surface area contributed by atoms with E-state index in [1.54, 1.807) is 0 Å². The van der Waals surface area contributed by atoms with Gasteiger partial charge in [0, 0.05) is 0 Å². The first kappa shape index (κ1) is 24.5. The third-order valence-electron chi connectivity index (χ3n) is 6.51. The van der Waals surface area contributed by atoms with Crippen LogP contribution in [0.2, 0.25) is 0 Å². The third-order valence-corrected chi connectivity index (χ3v) is 8.91. The van der Waals surface area contributed by atoms with Gasteiger partial charge in [-0.2, -0.15) is 35.9 Å². The van der Waals surface area contributed by atoms with E-state index in [4.69, 9.17) is 0 Å². The average Bonchev–Trinajstić information content (AvgIpc) is 3.52. The summed E-state index contributed by atoms with van der Waals surface area (Å²) < 4.78 is 0. The van der Waals surface area contributed by atoms with Crippen molar-refractivity contribution in [2.24, 2.45) is 0 Å². The third kappa shape index (κ3) is 5.04. The first-order chi connectivity index (χ1) is 17.4. The van der Waals surface area contributed by atoms with Crippen LogP contribution in [0.4, 0.5) is 0 Å². The van der Waals surface area contributed by atoms with E-state index in [-0.39, 0.29) is 21.7 Å². The topological polar surface area (TPSA) is 0 Å². The van der Waals surface area contributed by atoms with Crippen molar-refractivity contribution in [2.45, 2.75) is 6.42 Å². The van der Waals surface area contributed by atoms with Gasteiger partial charge in [0.05, 0.1) is 0 Å². The number of rotatable bonds is 3. The fourth-order valence-electron chi connectivity index (χ4n) is 4.86. The van der Waals surface area contributed by atoms with Crippen LogP contribution in [0, 0.1) is 6.07 Å². The molecule has 0 radical (unpaired) electrons. The van der Waals surface area contributed by atoms with Crippen molar-refractivity contribution in [1.82, 2.24) is 0 Å². The van der Waals surface area contributed by atoms with Gasteiger partial charge in [-0.05, 0) is 25.0 Å². The zero-order chi connectivity index (χ0) is 23.5. The van der Waals surface area contributed by atoms with E-state index in [0.717, 1.165) is 6.42 Å². The molecule has 6 aromatic rings. The molecule has 0 atom stereocenters. The van der Waals surface area contributed by atoms with E-state index >= 15 is 0 Å². The zero-order valence-electron chi connectivity index (χ0n) is 19.9. The molecule has 0 saturated heterocycles. The van der Waals surface area contributed by atoms with Gasteiger partial charge in [0.15, 0.2) is 0 Å². The molecule has 1 aliphatic rings. The molecule has 0 bridgehead atoms. The Bertz CT molecular complexity index is 1450. The van der Waals surface area contributed by atoms with Crippen LogP contribution in [0.1, 0.15) is 11.1 Å². The van der Waals surface area contributed by atoms with Gasteiger partial charge in [0.1, 0.15) is 0 Å². The molecule has 0 fully saturated rings. The molecule has 36 heavy (non-hydrogen) atoms. The second-order valence-electron chi connectivity index (χ2n) is 8.75. The maximum absolute atomic E-state index is 3.30. The van der Waals surface area contributed by atoms with E-state index in [2.05, 4.69) is 140 Å². The van der Waals surface area contributed by atoms with Crippen molar-refractivity contribution < 1.29 is 21.7 Å². The second-order valence-corrected chi connectivity index (χ2v) is 11.0. The summed E-state index contributed by atoms with van der Waals surface area (Å²) in [6.45, 7) is 0. The zero-order valence-corrected chi connectivity index (χ0v) is 22.4. The van der Waals surface area contributed by atoms with Gasteiger partial charge in [-0.25, -0.2) is 0 Å². The maximum Gasteiger partial charge on any atom is 2.00 e. The molecule has 0 N–H and O–H groups in total. The predicted molar refractivity (Wildman–Crippen MR) is 152 cm³/mol. The second kappa shape index (κ2) is 11.3. The molecule has 7 rings (SSSR count). The van der Waals surface area contributed by atoms with Crippen molar-refractivity contribution in [1.29, 1.82) is 0 Å². The van der Waals surface area contributed by atoms with E-state index in [0.29, 0.717) is 0 Å². The minimum Gasteiger partial charge on any atom is -0.179 e. The van der Waals surface area contributed by atoms with E-state index in [1.165, 1.54) is 48.9 Å². The summed E-state index contributed by atoms with van der Waals surface area (Å²) >= 11 is 0. The Labute approximate surface area is 229 Å². The largest absolute Gasteiger partial charge is 2.00 e. The van der Waals surface area contributed by atoms with Crippen LogP contribution in [-0.2, 0) is 28.1 Å². The summed E-state index contributed by atoms with van der Waals surface area (Å²) in [5.74, 6) is 0. The summed E-state index contributed by atoms with van der Waals surface area (Å²) in [6.07, 6.45) is 1.05. The maximum atomic E-state index is 3.30. The van der Waals surface area contributed by atoms with E-state index < -0.39 is 7.92 Å². The molecule has 2 heteroatoms. The molecular weight excluding hydrogens is 487 g/mol. The Morgan fingerprint density at radius 2 is 1.22 bits per heavy atom. The number of hydrogen-bond acceptors (Lipinski definition) is 0. The van der Waals surface area contributed by atoms with Crippen LogP contribution in [0.5, 0.6) is 0 Å². The normalized spacial score (nSPS) is 11.2. The molecule has 0 nitrogen and oxygen atoms in total. The van der Waals surface area contributed by atoms with Crippen molar-refractivity contribution >= 4 is 34.6 Å². The average molecular weight is 512 g/mol. The van der Waals surface area contributed by atoms with Crippen molar-refractivity contribution in [3.63, 3.8) is 0 Å². The number of hydrogen-bond donors (Lipinski definition) is 0. The van der Waals surface area contributed by atoms with Gasteiger partial charge in [0.25, 0.3) is 0 Å². The van der Waals surface area contributed by atoms with Crippen LogP contribution in [0.15, 0.2) is 140 Å². The SMILES string of the molecule is [Ti+2].[c-]1cccc2c1Cc1ccccc1-2.c1ccc(P(c2ccccc2)c2cc3ccccc3[cH-]2)cc1. The Kier molecular flexibility index (Phi) is 7.69. The van der Waals surface area contributed by atoms with Gasteiger partial charge in [-0.15, -0.1) is 45.9 Å². The Morgan fingerprint density at radius 1 is 0.611 bits per heavy atom. The standard InChI is InChI=1S/C21H16P.C13H9.Ti/c1-3-11-19(12-4-1)22(20-13-5-2-6-14-20)21-15-17-9-7-8-10-18(17)16-21;1-3-7-12-10(5-1)9-11-6-2-4-8-13(11)12;/h1-16H;1-5,7-8H,9H2;/q2*-1;+2. The molecule has 0 aromatic heterocycles. The minimum atomic E-state index is -0.493. The van der Waals surface area contributed by atoms with Crippen molar-refractivity contribution in [3.8, 4) is 11.1 Å². The van der Waals surface area contributed by atoms with E-state index in [1.807, 2.05) is 6.07 Å². The summed E-state index contributed by atoms with van der Waals surface area (Å²) in [5.41, 5.74) is 5.51. The van der Waals surface area contributed by atoms with E-state index in [9.17, 15) is 0 Å². The molecule has 0 amide bonds. The van der Waals surface area contributed by atoms with Gasteiger partial charge < -0.3 is 0 Å². The van der Waals surface area contributed by atoms with Crippen molar-refractivity contribution in [3.05, 3.63) is 157 Å². The van der Waals surface area contributed by atoms with Crippen LogP contribution in [0.25, 0.3) is 21.9 Å². The molecule has 0 heterocycles. The monoisotopic (exact) mass is 512 g/mol. The summed E-state index contributed by atoms with van der Waals surface area (Å²) in [6, 6.07) is 53.1. The summed E-state index contributed by atoms with van der Waals surface area (Å²) in [7, 11) is -0.493. The van der Waals surface area contributed by atoms with Gasteiger partial charge in [0.2, 0.25) is 0 Å². The molecule has 0 unspecified atom stereocenters. The molecule has 0 spiro atoms. The van der Waals surface area contributed by atoms with Crippen molar-refractivity contribution in [2.75, 3.05) is 0 Å². The first-order valence-electron chi connectivity index (χ1n) is 12.0. The smallest absolute Gasteiger partial charge is 0.179 e. The molecule has 0 saturated carbocycles. The van der Waals surface area contributed by atoms with Crippen LogP contribution < -0.4 is 15.9 Å². The van der Waals surface area contributed by atoms with Gasteiger partial charge >= 0.3 is 21.7 Å². The molecule has 6 aromatic carbocycles. The van der Waals surface area contributed by atoms with Crippen LogP contribution >= 0.6 is 7.92 Å². The number of benzene rings is 5. The quantitative estimate of drug-likeness (QED) is 0.132. The minimum absolute atomic E-state index is 0. The Hall–Kier alpha value is -3.15.